The van der Waals surface area contributed by atoms with Gasteiger partial charge in [-0.05, 0) is 51.1 Å². The van der Waals surface area contributed by atoms with E-state index in [0.717, 1.165) is 0 Å². The number of rotatable bonds is 5. The van der Waals surface area contributed by atoms with E-state index in [9.17, 15) is 9.59 Å². The lowest BCUT2D eigenvalue weighted by molar-refractivity contribution is 0.101. The Balaban J connectivity index is 2.32. The number of Topliss-reactive ketones (excluding diaryl/α,β-unsaturated/α-hetero) is 1. The van der Waals surface area contributed by atoms with Crippen molar-refractivity contribution in [1.82, 2.24) is 4.98 Å². The van der Waals surface area contributed by atoms with Crippen molar-refractivity contribution in [1.29, 1.82) is 0 Å². The minimum absolute atomic E-state index is 0.0442. The van der Waals surface area contributed by atoms with Crippen LogP contribution in [0.25, 0.3) is 0 Å². The maximum Gasteiger partial charge on any atom is 0.257 e. The minimum Gasteiger partial charge on any atom is -0.489 e. The molecule has 0 saturated heterocycles. The molecule has 0 spiro atoms. The maximum absolute atomic E-state index is 12.2. The number of nitrogens with zero attached hydrogens (tertiary/aromatic N) is 1. The van der Waals surface area contributed by atoms with Gasteiger partial charge in [0.05, 0.1) is 17.4 Å². The van der Waals surface area contributed by atoms with Crippen molar-refractivity contribution in [3.05, 3.63) is 53.9 Å². The second-order valence-electron chi connectivity index (χ2n) is 5.13. The molecule has 22 heavy (non-hydrogen) atoms. The minimum atomic E-state index is -0.303. The van der Waals surface area contributed by atoms with Crippen LogP contribution in [0.5, 0.6) is 5.75 Å². The molecule has 0 aliphatic heterocycles. The fourth-order valence-corrected chi connectivity index (χ4v) is 1.89. The van der Waals surface area contributed by atoms with Crippen LogP contribution < -0.4 is 10.1 Å². The lowest BCUT2D eigenvalue weighted by Gasteiger charge is -2.15. The van der Waals surface area contributed by atoms with Gasteiger partial charge in [-0.15, -0.1) is 0 Å². The van der Waals surface area contributed by atoms with Gasteiger partial charge in [0.1, 0.15) is 5.75 Å². The van der Waals surface area contributed by atoms with E-state index in [2.05, 4.69) is 10.3 Å². The van der Waals surface area contributed by atoms with E-state index >= 15 is 0 Å². The monoisotopic (exact) mass is 298 g/mol. The van der Waals surface area contributed by atoms with E-state index < -0.39 is 0 Å². The molecule has 1 N–H and O–H groups in total. The summed E-state index contributed by atoms with van der Waals surface area (Å²) in [6.07, 6.45) is 3.03. The number of amides is 1. The number of anilines is 1. The molecule has 0 radical (unpaired) electrons. The normalized spacial score (nSPS) is 10.4. The highest BCUT2D eigenvalue weighted by molar-refractivity contribution is 6.05. The van der Waals surface area contributed by atoms with Gasteiger partial charge in [0.15, 0.2) is 5.78 Å². The third kappa shape index (κ3) is 3.91. The average Bonchev–Trinajstić information content (AvgIpc) is 2.49. The third-order valence-corrected chi connectivity index (χ3v) is 2.92. The Kier molecular flexibility index (Phi) is 4.88. The number of ether oxygens (including phenoxy) is 1. The zero-order chi connectivity index (χ0) is 16.1. The molecular weight excluding hydrogens is 280 g/mol. The van der Waals surface area contributed by atoms with Crippen LogP contribution >= 0.6 is 0 Å². The quantitative estimate of drug-likeness (QED) is 0.860. The van der Waals surface area contributed by atoms with E-state index in [4.69, 9.17) is 4.74 Å². The van der Waals surface area contributed by atoms with Crippen LogP contribution in [0.4, 0.5) is 5.69 Å². The van der Waals surface area contributed by atoms with Gasteiger partial charge >= 0.3 is 0 Å². The first-order valence-electron chi connectivity index (χ1n) is 7.00. The van der Waals surface area contributed by atoms with Gasteiger partial charge in [-0.3, -0.25) is 14.6 Å². The molecule has 2 aromatic rings. The smallest absolute Gasteiger partial charge is 0.257 e. The summed E-state index contributed by atoms with van der Waals surface area (Å²) in [5.74, 6) is 0.146. The van der Waals surface area contributed by atoms with Crippen molar-refractivity contribution in [3.63, 3.8) is 0 Å². The van der Waals surface area contributed by atoms with Gasteiger partial charge < -0.3 is 10.1 Å². The Morgan fingerprint density at radius 3 is 2.55 bits per heavy atom. The van der Waals surface area contributed by atoms with Gasteiger partial charge in [-0.2, -0.15) is 0 Å². The highest BCUT2D eigenvalue weighted by Gasteiger charge is 2.13. The van der Waals surface area contributed by atoms with Crippen molar-refractivity contribution in [2.45, 2.75) is 26.9 Å². The highest BCUT2D eigenvalue weighted by atomic mass is 16.5. The maximum atomic E-state index is 12.2. The molecule has 2 rings (SSSR count). The Labute approximate surface area is 129 Å². The summed E-state index contributed by atoms with van der Waals surface area (Å²) in [6.45, 7) is 5.27. The molecular formula is C17H18N2O3. The molecule has 1 aromatic carbocycles. The molecule has 5 nitrogen and oxygen atoms in total. The molecule has 114 valence electrons. The standard InChI is InChI=1S/C17H18N2O3/c1-11(2)22-16-7-6-13(12(3)20)9-15(16)19-17(21)14-5-4-8-18-10-14/h4-11H,1-3H3,(H,19,21). The molecule has 1 aromatic heterocycles. The van der Waals surface area contributed by atoms with Gasteiger partial charge in [0, 0.05) is 18.0 Å². The lowest BCUT2D eigenvalue weighted by atomic mass is 10.1. The fraction of sp³-hybridized carbons (Fsp3) is 0.235. The number of benzene rings is 1. The van der Waals surface area contributed by atoms with E-state index in [1.807, 2.05) is 13.8 Å². The molecule has 0 aliphatic rings. The topological polar surface area (TPSA) is 68.3 Å². The predicted octanol–water partition coefficient (Wildman–Crippen LogP) is 3.32. The molecule has 0 bridgehead atoms. The Hall–Kier alpha value is -2.69. The summed E-state index contributed by atoms with van der Waals surface area (Å²) in [5.41, 5.74) is 1.42. The highest BCUT2D eigenvalue weighted by Crippen LogP contribution is 2.27. The molecule has 0 fully saturated rings. The van der Waals surface area contributed by atoms with E-state index in [1.54, 1.807) is 36.5 Å². The fourth-order valence-electron chi connectivity index (χ4n) is 1.89. The van der Waals surface area contributed by atoms with Gasteiger partial charge in [-0.25, -0.2) is 0 Å². The number of pyridine rings is 1. The van der Waals surface area contributed by atoms with E-state index in [-0.39, 0.29) is 17.8 Å². The number of hydrogen-bond acceptors (Lipinski definition) is 4. The first kappa shape index (κ1) is 15.7. The average molecular weight is 298 g/mol. The van der Waals surface area contributed by atoms with Crippen molar-refractivity contribution < 1.29 is 14.3 Å². The van der Waals surface area contributed by atoms with Crippen LogP contribution in [0, 0.1) is 0 Å². The first-order valence-corrected chi connectivity index (χ1v) is 7.00. The molecule has 0 saturated carbocycles. The van der Waals surface area contributed by atoms with Gasteiger partial charge in [0.25, 0.3) is 5.91 Å². The van der Waals surface area contributed by atoms with Crippen molar-refractivity contribution in [3.8, 4) is 5.75 Å². The van der Waals surface area contributed by atoms with Crippen LogP contribution in [0.1, 0.15) is 41.5 Å². The molecule has 5 heteroatoms. The van der Waals surface area contributed by atoms with Gasteiger partial charge in [-0.1, -0.05) is 0 Å². The zero-order valence-corrected chi connectivity index (χ0v) is 12.8. The largest absolute Gasteiger partial charge is 0.489 e. The molecule has 0 atom stereocenters. The number of aromatic nitrogens is 1. The number of hydrogen-bond donors (Lipinski definition) is 1. The van der Waals surface area contributed by atoms with Crippen LogP contribution in [0.15, 0.2) is 42.7 Å². The van der Waals surface area contributed by atoms with Gasteiger partial charge in [0.2, 0.25) is 0 Å². The summed E-state index contributed by atoms with van der Waals surface area (Å²) in [5, 5.41) is 2.77. The van der Waals surface area contributed by atoms with Crippen LogP contribution in [0.2, 0.25) is 0 Å². The van der Waals surface area contributed by atoms with E-state index in [0.29, 0.717) is 22.6 Å². The Bertz CT molecular complexity index is 682. The number of ketones is 1. The molecule has 0 unspecified atom stereocenters. The van der Waals surface area contributed by atoms with Crippen LogP contribution in [0.3, 0.4) is 0 Å². The summed E-state index contributed by atoms with van der Waals surface area (Å²) in [4.78, 5) is 27.7. The SMILES string of the molecule is CC(=O)c1ccc(OC(C)C)c(NC(=O)c2cccnc2)c1. The van der Waals surface area contributed by atoms with Crippen LogP contribution in [-0.2, 0) is 0 Å². The Morgan fingerprint density at radius 2 is 1.95 bits per heavy atom. The summed E-state index contributed by atoms with van der Waals surface area (Å²) < 4.78 is 5.68. The van der Waals surface area contributed by atoms with Crippen molar-refractivity contribution in [2.75, 3.05) is 5.32 Å². The summed E-state index contributed by atoms with van der Waals surface area (Å²) >= 11 is 0. The van der Waals surface area contributed by atoms with Crippen LogP contribution in [-0.4, -0.2) is 22.8 Å². The number of carbonyl (C=O) groups excluding carboxylic acids is 2. The number of carbonyl (C=O) groups is 2. The zero-order valence-electron chi connectivity index (χ0n) is 12.8. The Morgan fingerprint density at radius 1 is 1.18 bits per heavy atom. The predicted molar refractivity (Wildman–Crippen MR) is 84.4 cm³/mol. The van der Waals surface area contributed by atoms with Crippen molar-refractivity contribution >= 4 is 17.4 Å². The molecule has 1 amide bonds. The second-order valence-corrected chi connectivity index (χ2v) is 5.13. The summed E-state index contributed by atoms with van der Waals surface area (Å²) in [7, 11) is 0. The second kappa shape index (κ2) is 6.85. The third-order valence-electron chi connectivity index (χ3n) is 2.92. The number of nitrogens with one attached hydrogen (secondary N) is 1. The van der Waals surface area contributed by atoms with E-state index in [1.165, 1.54) is 13.1 Å². The first-order chi connectivity index (χ1) is 10.5. The molecule has 0 aliphatic carbocycles. The molecule has 1 heterocycles. The van der Waals surface area contributed by atoms with Crippen molar-refractivity contribution in [2.24, 2.45) is 0 Å². The summed E-state index contributed by atoms with van der Waals surface area (Å²) in [6, 6.07) is 8.34. The lowest BCUT2D eigenvalue weighted by Crippen LogP contribution is -2.15.